The lowest BCUT2D eigenvalue weighted by atomic mass is 10.1. The Hall–Kier alpha value is -0.610. The van der Waals surface area contributed by atoms with Crippen LogP contribution in [0.25, 0.3) is 0 Å². The van der Waals surface area contributed by atoms with Gasteiger partial charge in [-0.2, -0.15) is 0 Å². The molecule has 0 bridgehead atoms. The monoisotopic (exact) mass is 284 g/mol. The third-order valence-electron chi connectivity index (χ3n) is 2.88. The summed E-state index contributed by atoms with van der Waals surface area (Å²) >= 11 is 3.54. The van der Waals surface area contributed by atoms with E-state index in [1.807, 2.05) is 18.3 Å². The fourth-order valence-electron chi connectivity index (χ4n) is 2.08. The number of rotatable bonds is 3. The zero-order valence-electron chi connectivity index (χ0n) is 9.53. The van der Waals surface area contributed by atoms with Crippen LogP contribution < -0.4 is 4.90 Å². The highest BCUT2D eigenvalue weighted by Gasteiger charge is 2.21. The van der Waals surface area contributed by atoms with E-state index in [-0.39, 0.29) is 0 Å². The Bertz CT molecular complexity index is 338. The molecule has 0 amide bonds. The molecule has 1 fully saturated rings. The van der Waals surface area contributed by atoms with Crippen LogP contribution in [0.4, 0.5) is 5.82 Å². The van der Waals surface area contributed by atoms with Crippen molar-refractivity contribution in [2.45, 2.75) is 25.9 Å². The van der Waals surface area contributed by atoms with Gasteiger partial charge in [0.05, 0.1) is 10.6 Å². The van der Waals surface area contributed by atoms with Crippen molar-refractivity contribution in [1.29, 1.82) is 0 Å². The molecule has 4 heteroatoms. The van der Waals surface area contributed by atoms with E-state index < -0.39 is 0 Å². The van der Waals surface area contributed by atoms with Crippen molar-refractivity contribution in [2.24, 2.45) is 0 Å². The van der Waals surface area contributed by atoms with E-state index >= 15 is 0 Å². The number of halogens is 1. The zero-order valence-corrected chi connectivity index (χ0v) is 11.1. The van der Waals surface area contributed by atoms with Crippen molar-refractivity contribution in [3.63, 3.8) is 0 Å². The quantitative estimate of drug-likeness (QED) is 0.854. The molecule has 16 heavy (non-hydrogen) atoms. The molecular weight excluding hydrogens is 268 g/mol. The predicted octanol–water partition coefficient (Wildman–Crippen LogP) is 2.85. The Morgan fingerprint density at radius 1 is 1.50 bits per heavy atom. The largest absolute Gasteiger partial charge is 0.378 e. The molecule has 1 aromatic rings. The van der Waals surface area contributed by atoms with Crippen molar-refractivity contribution in [3.05, 3.63) is 22.8 Å². The molecule has 88 valence electrons. The number of piperidine rings is 1. The summed E-state index contributed by atoms with van der Waals surface area (Å²) in [5, 5.41) is 0. The van der Waals surface area contributed by atoms with E-state index in [0.29, 0.717) is 6.10 Å². The maximum atomic E-state index is 5.64. The predicted molar refractivity (Wildman–Crippen MR) is 68.8 cm³/mol. The number of aromatic nitrogens is 1. The van der Waals surface area contributed by atoms with E-state index in [1.165, 1.54) is 0 Å². The summed E-state index contributed by atoms with van der Waals surface area (Å²) in [6.45, 7) is 4.93. The molecule has 1 aromatic heterocycles. The van der Waals surface area contributed by atoms with Gasteiger partial charge in [-0.1, -0.05) is 0 Å². The second-order valence-electron chi connectivity index (χ2n) is 3.95. The maximum Gasteiger partial charge on any atom is 0.142 e. The van der Waals surface area contributed by atoms with Crippen LogP contribution in [0, 0.1) is 0 Å². The second-order valence-corrected chi connectivity index (χ2v) is 4.80. The van der Waals surface area contributed by atoms with Crippen molar-refractivity contribution in [3.8, 4) is 0 Å². The molecule has 2 rings (SSSR count). The van der Waals surface area contributed by atoms with Crippen LogP contribution in [0.1, 0.15) is 19.8 Å². The minimum Gasteiger partial charge on any atom is -0.378 e. The van der Waals surface area contributed by atoms with Crippen molar-refractivity contribution < 1.29 is 4.74 Å². The number of pyridine rings is 1. The molecule has 0 saturated carbocycles. The van der Waals surface area contributed by atoms with Gasteiger partial charge in [-0.25, -0.2) is 4.98 Å². The Labute approximate surface area is 105 Å². The SMILES string of the molecule is CCOC1CCN(c2ncccc2Br)CC1. The standard InChI is InChI=1S/C12H17BrN2O/c1-2-16-10-5-8-15(9-6-10)12-11(13)4-3-7-14-12/h3-4,7,10H,2,5-6,8-9H2,1H3. The van der Waals surface area contributed by atoms with Crippen LogP contribution in [0.5, 0.6) is 0 Å². The molecule has 0 spiro atoms. The highest BCUT2D eigenvalue weighted by molar-refractivity contribution is 9.10. The van der Waals surface area contributed by atoms with Crippen LogP contribution >= 0.6 is 15.9 Å². The average Bonchev–Trinajstić information content (AvgIpc) is 2.31. The minimum absolute atomic E-state index is 0.434. The molecule has 1 saturated heterocycles. The van der Waals surface area contributed by atoms with Crippen LogP contribution in [0.15, 0.2) is 22.8 Å². The average molecular weight is 285 g/mol. The first-order chi connectivity index (χ1) is 7.81. The Balaban J connectivity index is 1.96. The molecule has 0 radical (unpaired) electrons. The van der Waals surface area contributed by atoms with E-state index in [4.69, 9.17) is 4.74 Å². The van der Waals surface area contributed by atoms with Gasteiger partial charge in [-0.3, -0.25) is 0 Å². The minimum atomic E-state index is 0.434. The molecule has 1 aliphatic heterocycles. The van der Waals surface area contributed by atoms with E-state index in [2.05, 4.69) is 32.7 Å². The molecule has 3 nitrogen and oxygen atoms in total. The van der Waals surface area contributed by atoms with Gasteiger partial charge in [-0.05, 0) is 47.8 Å². The third-order valence-corrected chi connectivity index (χ3v) is 3.50. The fraction of sp³-hybridized carbons (Fsp3) is 0.583. The fourth-order valence-corrected chi connectivity index (χ4v) is 2.59. The number of hydrogen-bond donors (Lipinski definition) is 0. The van der Waals surface area contributed by atoms with Crippen molar-refractivity contribution >= 4 is 21.7 Å². The van der Waals surface area contributed by atoms with Crippen molar-refractivity contribution in [1.82, 2.24) is 4.98 Å². The molecule has 0 N–H and O–H groups in total. The third kappa shape index (κ3) is 2.74. The Morgan fingerprint density at radius 3 is 2.88 bits per heavy atom. The zero-order chi connectivity index (χ0) is 11.4. The van der Waals surface area contributed by atoms with E-state index in [1.54, 1.807) is 0 Å². The first-order valence-corrected chi connectivity index (χ1v) is 6.57. The highest BCUT2D eigenvalue weighted by Crippen LogP contribution is 2.26. The van der Waals surface area contributed by atoms with Gasteiger partial charge in [0.15, 0.2) is 0 Å². The summed E-state index contributed by atoms with van der Waals surface area (Å²) in [5.74, 6) is 1.05. The first kappa shape index (κ1) is 11.9. The van der Waals surface area contributed by atoms with Crippen LogP contribution in [-0.2, 0) is 4.74 Å². The smallest absolute Gasteiger partial charge is 0.142 e. The lowest BCUT2D eigenvalue weighted by Crippen LogP contribution is -2.37. The van der Waals surface area contributed by atoms with Gasteiger partial charge in [0, 0.05) is 25.9 Å². The molecule has 0 aliphatic carbocycles. The number of hydrogen-bond acceptors (Lipinski definition) is 3. The molecule has 0 atom stereocenters. The van der Waals surface area contributed by atoms with Gasteiger partial charge in [0.2, 0.25) is 0 Å². The van der Waals surface area contributed by atoms with Crippen molar-refractivity contribution in [2.75, 3.05) is 24.6 Å². The molecule has 1 aliphatic rings. The van der Waals surface area contributed by atoms with Crippen LogP contribution in [-0.4, -0.2) is 30.8 Å². The molecule has 2 heterocycles. The highest BCUT2D eigenvalue weighted by atomic mass is 79.9. The van der Waals surface area contributed by atoms with Gasteiger partial charge >= 0.3 is 0 Å². The first-order valence-electron chi connectivity index (χ1n) is 5.78. The second kappa shape index (κ2) is 5.64. The molecule has 0 unspecified atom stereocenters. The summed E-state index contributed by atoms with van der Waals surface area (Å²) in [6.07, 6.45) is 4.46. The van der Waals surface area contributed by atoms with Crippen LogP contribution in [0.2, 0.25) is 0 Å². The van der Waals surface area contributed by atoms with Gasteiger partial charge in [-0.15, -0.1) is 0 Å². The van der Waals surface area contributed by atoms with Gasteiger partial charge in [0.25, 0.3) is 0 Å². The lowest BCUT2D eigenvalue weighted by molar-refractivity contribution is 0.0458. The molecule has 0 aromatic carbocycles. The maximum absolute atomic E-state index is 5.64. The van der Waals surface area contributed by atoms with E-state index in [9.17, 15) is 0 Å². The summed E-state index contributed by atoms with van der Waals surface area (Å²) in [5.41, 5.74) is 0. The Morgan fingerprint density at radius 2 is 2.25 bits per heavy atom. The molecular formula is C12H17BrN2O. The summed E-state index contributed by atoms with van der Waals surface area (Å²) in [6, 6.07) is 3.98. The normalized spacial score (nSPS) is 17.8. The van der Waals surface area contributed by atoms with Gasteiger partial charge in [0.1, 0.15) is 5.82 Å². The van der Waals surface area contributed by atoms with Crippen LogP contribution in [0.3, 0.4) is 0 Å². The van der Waals surface area contributed by atoms with E-state index in [0.717, 1.165) is 42.8 Å². The lowest BCUT2D eigenvalue weighted by Gasteiger charge is -2.33. The summed E-state index contributed by atoms with van der Waals surface area (Å²) < 4.78 is 6.71. The number of nitrogens with zero attached hydrogens (tertiary/aromatic N) is 2. The number of ether oxygens (including phenoxy) is 1. The topological polar surface area (TPSA) is 25.4 Å². The summed E-state index contributed by atoms with van der Waals surface area (Å²) in [4.78, 5) is 6.73. The number of anilines is 1. The van der Waals surface area contributed by atoms with Gasteiger partial charge < -0.3 is 9.64 Å². The Kier molecular flexibility index (Phi) is 4.18. The summed E-state index contributed by atoms with van der Waals surface area (Å²) in [7, 11) is 0.